The van der Waals surface area contributed by atoms with E-state index in [1.54, 1.807) is 30.3 Å². The first-order valence-corrected chi connectivity index (χ1v) is 9.18. The van der Waals surface area contributed by atoms with E-state index in [-0.39, 0.29) is 5.69 Å². The number of hydrogen-bond acceptors (Lipinski definition) is 5. The standard InChI is InChI=1S/C19H18ClN5O2/c20-14-6-4-13(5-7-14)15-12-16(19(26)27)25(23-15)18-9-8-17(21-22-18)24-10-2-1-3-11-24/h4-9,12H,1-3,10-11H2,(H,26,27). The van der Waals surface area contributed by atoms with Gasteiger partial charge in [0.2, 0.25) is 0 Å². The summed E-state index contributed by atoms with van der Waals surface area (Å²) in [5.74, 6) is 0.0957. The number of halogens is 1. The highest BCUT2D eigenvalue weighted by Gasteiger charge is 2.19. The summed E-state index contributed by atoms with van der Waals surface area (Å²) in [5.41, 5.74) is 1.34. The molecule has 3 heterocycles. The van der Waals surface area contributed by atoms with Crippen LogP contribution in [0, 0.1) is 0 Å². The van der Waals surface area contributed by atoms with Gasteiger partial charge in [-0.1, -0.05) is 23.7 Å². The minimum Gasteiger partial charge on any atom is -0.477 e. The number of aromatic nitrogens is 4. The van der Waals surface area contributed by atoms with E-state index < -0.39 is 5.97 Å². The second-order valence-electron chi connectivity index (χ2n) is 6.44. The van der Waals surface area contributed by atoms with Crippen molar-refractivity contribution >= 4 is 23.4 Å². The van der Waals surface area contributed by atoms with Crippen molar-refractivity contribution in [3.8, 4) is 17.1 Å². The summed E-state index contributed by atoms with van der Waals surface area (Å²) in [6.07, 6.45) is 3.54. The molecule has 0 amide bonds. The van der Waals surface area contributed by atoms with Gasteiger partial charge in [0.05, 0.1) is 5.69 Å². The van der Waals surface area contributed by atoms with Gasteiger partial charge in [-0.2, -0.15) is 5.10 Å². The predicted octanol–water partition coefficient (Wildman–Crippen LogP) is 3.67. The van der Waals surface area contributed by atoms with Crippen LogP contribution in [0.2, 0.25) is 5.02 Å². The molecule has 1 saturated heterocycles. The van der Waals surface area contributed by atoms with Crippen molar-refractivity contribution in [1.29, 1.82) is 0 Å². The van der Waals surface area contributed by atoms with E-state index in [4.69, 9.17) is 11.6 Å². The van der Waals surface area contributed by atoms with E-state index in [0.717, 1.165) is 37.3 Å². The fraction of sp³-hybridized carbons (Fsp3) is 0.263. The Hall–Kier alpha value is -2.93. The van der Waals surface area contributed by atoms with E-state index >= 15 is 0 Å². The third-order valence-electron chi connectivity index (χ3n) is 4.60. The number of aromatic carboxylic acids is 1. The molecule has 0 atom stereocenters. The molecule has 7 nitrogen and oxygen atoms in total. The van der Waals surface area contributed by atoms with Crippen molar-refractivity contribution in [1.82, 2.24) is 20.0 Å². The largest absolute Gasteiger partial charge is 0.477 e. The number of anilines is 1. The summed E-state index contributed by atoms with van der Waals surface area (Å²) in [7, 11) is 0. The van der Waals surface area contributed by atoms with E-state index in [0.29, 0.717) is 16.5 Å². The minimum absolute atomic E-state index is 0.0278. The van der Waals surface area contributed by atoms with Gasteiger partial charge < -0.3 is 10.0 Å². The number of carboxylic acid groups (broad SMARTS) is 1. The first kappa shape index (κ1) is 17.5. The molecule has 3 aromatic rings. The van der Waals surface area contributed by atoms with Gasteiger partial charge in [-0.25, -0.2) is 9.48 Å². The normalized spacial score (nSPS) is 14.3. The van der Waals surface area contributed by atoms with Crippen molar-refractivity contribution < 1.29 is 9.90 Å². The zero-order chi connectivity index (χ0) is 18.8. The number of rotatable bonds is 4. The Kier molecular flexibility index (Phi) is 4.77. The molecular weight excluding hydrogens is 366 g/mol. The Balaban J connectivity index is 1.67. The van der Waals surface area contributed by atoms with Crippen LogP contribution in [-0.4, -0.2) is 44.1 Å². The van der Waals surface area contributed by atoms with Gasteiger partial charge >= 0.3 is 5.97 Å². The molecule has 1 aliphatic rings. The molecule has 0 spiro atoms. The second-order valence-corrected chi connectivity index (χ2v) is 6.87. The van der Waals surface area contributed by atoms with Crippen LogP contribution in [0.4, 0.5) is 5.82 Å². The quantitative estimate of drug-likeness (QED) is 0.740. The minimum atomic E-state index is -1.08. The molecule has 0 radical (unpaired) electrons. The van der Waals surface area contributed by atoms with Gasteiger partial charge in [0, 0.05) is 23.7 Å². The molecule has 0 aliphatic carbocycles. The SMILES string of the molecule is O=C(O)c1cc(-c2ccc(Cl)cc2)nn1-c1ccc(N2CCCCC2)nn1. The van der Waals surface area contributed by atoms with E-state index in [2.05, 4.69) is 20.2 Å². The highest BCUT2D eigenvalue weighted by molar-refractivity contribution is 6.30. The summed E-state index contributed by atoms with van der Waals surface area (Å²) >= 11 is 5.92. The number of carbonyl (C=O) groups is 1. The lowest BCUT2D eigenvalue weighted by atomic mass is 10.1. The summed E-state index contributed by atoms with van der Waals surface area (Å²) in [5, 5.41) is 23.1. The fourth-order valence-corrected chi connectivity index (χ4v) is 3.32. The summed E-state index contributed by atoms with van der Waals surface area (Å²) < 4.78 is 1.30. The topological polar surface area (TPSA) is 84.1 Å². The van der Waals surface area contributed by atoms with Crippen LogP contribution in [0.3, 0.4) is 0 Å². The number of benzene rings is 1. The van der Waals surface area contributed by atoms with Gasteiger partial charge in [0.25, 0.3) is 0 Å². The number of hydrogen-bond donors (Lipinski definition) is 1. The Labute approximate surface area is 161 Å². The molecule has 2 aromatic heterocycles. The van der Waals surface area contributed by atoms with Gasteiger partial charge in [-0.05, 0) is 49.6 Å². The second kappa shape index (κ2) is 7.36. The molecule has 138 valence electrons. The molecule has 1 aliphatic heterocycles. The number of carboxylic acids is 1. The van der Waals surface area contributed by atoms with Crippen LogP contribution in [-0.2, 0) is 0 Å². The first-order valence-electron chi connectivity index (χ1n) is 8.80. The van der Waals surface area contributed by atoms with Crippen molar-refractivity contribution in [2.24, 2.45) is 0 Å². The molecule has 8 heteroatoms. The highest BCUT2D eigenvalue weighted by atomic mass is 35.5. The van der Waals surface area contributed by atoms with Gasteiger partial charge in [0.15, 0.2) is 17.3 Å². The first-order chi connectivity index (χ1) is 13.1. The third-order valence-corrected chi connectivity index (χ3v) is 4.85. The fourth-order valence-electron chi connectivity index (χ4n) is 3.19. The van der Waals surface area contributed by atoms with Crippen LogP contribution in [0.5, 0.6) is 0 Å². The molecule has 4 rings (SSSR count). The van der Waals surface area contributed by atoms with E-state index in [1.807, 2.05) is 6.07 Å². The predicted molar refractivity (Wildman–Crippen MR) is 103 cm³/mol. The Morgan fingerprint density at radius 1 is 0.963 bits per heavy atom. The maximum atomic E-state index is 11.7. The van der Waals surface area contributed by atoms with Gasteiger partial charge in [0.1, 0.15) is 0 Å². The number of nitrogens with zero attached hydrogens (tertiary/aromatic N) is 5. The Bertz CT molecular complexity index is 947. The average Bonchev–Trinajstić information content (AvgIpc) is 3.15. The summed E-state index contributed by atoms with van der Waals surface area (Å²) in [4.78, 5) is 13.9. The van der Waals surface area contributed by atoms with Crippen molar-refractivity contribution in [3.63, 3.8) is 0 Å². The maximum Gasteiger partial charge on any atom is 0.354 e. The Morgan fingerprint density at radius 3 is 2.26 bits per heavy atom. The van der Waals surface area contributed by atoms with Crippen molar-refractivity contribution in [2.45, 2.75) is 19.3 Å². The van der Waals surface area contributed by atoms with Crippen LogP contribution in [0.1, 0.15) is 29.8 Å². The molecule has 1 aromatic carbocycles. The zero-order valence-corrected chi connectivity index (χ0v) is 15.3. The van der Waals surface area contributed by atoms with E-state index in [1.165, 1.54) is 17.2 Å². The monoisotopic (exact) mass is 383 g/mol. The molecule has 0 saturated carbocycles. The van der Waals surface area contributed by atoms with Crippen LogP contribution in [0.15, 0.2) is 42.5 Å². The summed E-state index contributed by atoms with van der Waals surface area (Å²) in [6.45, 7) is 1.94. The molecule has 0 unspecified atom stereocenters. The van der Waals surface area contributed by atoms with Crippen molar-refractivity contribution in [2.75, 3.05) is 18.0 Å². The van der Waals surface area contributed by atoms with Crippen molar-refractivity contribution in [3.05, 3.63) is 53.2 Å². The van der Waals surface area contributed by atoms with Crippen LogP contribution >= 0.6 is 11.6 Å². The van der Waals surface area contributed by atoms with Gasteiger partial charge in [-0.3, -0.25) is 0 Å². The molecule has 1 fully saturated rings. The lowest BCUT2D eigenvalue weighted by Gasteiger charge is -2.27. The Morgan fingerprint density at radius 2 is 1.63 bits per heavy atom. The van der Waals surface area contributed by atoms with Crippen LogP contribution < -0.4 is 4.90 Å². The lowest BCUT2D eigenvalue weighted by Crippen LogP contribution is -2.30. The molecule has 27 heavy (non-hydrogen) atoms. The van der Waals surface area contributed by atoms with E-state index in [9.17, 15) is 9.90 Å². The zero-order valence-electron chi connectivity index (χ0n) is 14.5. The van der Waals surface area contributed by atoms with Crippen LogP contribution in [0.25, 0.3) is 17.1 Å². The molecular formula is C19H18ClN5O2. The number of piperidine rings is 1. The highest BCUT2D eigenvalue weighted by Crippen LogP contribution is 2.24. The summed E-state index contributed by atoms with van der Waals surface area (Å²) in [6, 6.07) is 12.2. The van der Waals surface area contributed by atoms with Gasteiger partial charge in [-0.15, -0.1) is 10.2 Å². The maximum absolute atomic E-state index is 11.7. The average molecular weight is 384 g/mol. The molecule has 0 bridgehead atoms. The lowest BCUT2D eigenvalue weighted by molar-refractivity contribution is 0.0686. The third kappa shape index (κ3) is 3.64. The smallest absolute Gasteiger partial charge is 0.354 e. The molecule has 1 N–H and O–H groups in total.